The van der Waals surface area contributed by atoms with E-state index < -0.39 is 11.9 Å². The Morgan fingerprint density at radius 3 is 2.88 bits per heavy atom. The van der Waals surface area contributed by atoms with E-state index in [1.165, 1.54) is 11.8 Å². The Kier molecular flexibility index (Phi) is 7.30. The number of benzene rings is 1. The highest BCUT2D eigenvalue weighted by molar-refractivity contribution is 8.01. The van der Waals surface area contributed by atoms with Crippen LogP contribution in [-0.4, -0.2) is 50.7 Å². The topological polar surface area (TPSA) is 114 Å². The van der Waals surface area contributed by atoms with Crippen LogP contribution in [0.5, 0.6) is 0 Å². The lowest BCUT2D eigenvalue weighted by atomic mass is 10.1. The van der Waals surface area contributed by atoms with Crippen LogP contribution in [0, 0.1) is 17.2 Å². The molecule has 140 valence electrons. The van der Waals surface area contributed by atoms with Crippen LogP contribution in [0.2, 0.25) is 0 Å². The number of carboxylic acid groups (broad SMARTS) is 1. The Hall–Kier alpha value is -2.24. The summed E-state index contributed by atoms with van der Waals surface area (Å²) in [6.07, 6.45) is 0.706. The summed E-state index contributed by atoms with van der Waals surface area (Å²) < 4.78 is 0. The fourth-order valence-corrected chi connectivity index (χ4v) is 4.39. The molecular weight excluding hydrogens is 354 g/mol. The third kappa shape index (κ3) is 4.90. The molecule has 1 aliphatic heterocycles. The maximum Gasteiger partial charge on any atom is 0.320 e. The number of nitriles is 1. The largest absolute Gasteiger partial charge is 0.480 e. The van der Waals surface area contributed by atoms with Crippen LogP contribution < -0.4 is 5.32 Å². The Bertz CT molecular complexity index is 691. The fourth-order valence-electron chi connectivity index (χ4n) is 2.91. The molecule has 0 aromatic heterocycles. The zero-order valence-electron chi connectivity index (χ0n) is 14.6. The number of carbonyl (C=O) groups excluding carboxylic acids is 1. The number of anilines is 1. The van der Waals surface area contributed by atoms with Gasteiger partial charge in [0.2, 0.25) is 5.91 Å². The van der Waals surface area contributed by atoms with Gasteiger partial charge in [-0.3, -0.25) is 9.59 Å². The molecule has 3 unspecified atom stereocenters. The number of amides is 1. The van der Waals surface area contributed by atoms with Crippen LogP contribution in [0.1, 0.15) is 25.3 Å². The number of hydrogen-bond acceptors (Lipinski definition) is 6. The van der Waals surface area contributed by atoms with Gasteiger partial charge in [0, 0.05) is 18.8 Å². The summed E-state index contributed by atoms with van der Waals surface area (Å²) in [5.41, 5.74) is 1.64. The van der Waals surface area contributed by atoms with E-state index in [2.05, 4.69) is 5.32 Å². The third-order valence-electron chi connectivity index (χ3n) is 4.33. The van der Waals surface area contributed by atoms with Gasteiger partial charge in [-0.1, -0.05) is 12.1 Å². The monoisotopic (exact) mass is 377 g/mol. The SMILES string of the molecule is CCN1C(=O)C(CNc2cccc(CO)c2)SC1CCC(C#N)C(=O)O. The Morgan fingerprint density at radius 2 is 2.27 bits per heavy atom. The molecule has 0 saturated carbocycles. The van der Waals surface area contributed by atoms with E-state index in [-0.39, 0.29) is 29.6 Å². The number of hydrogen-bond donors (Lipinski definition) is 3. The first-order chi connectivity index (χ1) is 12.5. The second-order valence-corrected chi connectivity index (χ2v) is 7.43. The van der Waals surface area contributed by atoms with Crippen LogP contribution in [0.15, 0.2) is 24.3 Å². The lowest BCUT2D eigenvalue weighted by molar-refractivity contribution is -0.140. The summed E-state index contributed by atoms with van der Waals surface area (Å²) >= 11 is 1.51. The second kappa shape index (κ2) is 9.46. The number of aliphatic carboxylic acids is 1. The Morgan fingerprint density at radius 1 is 1.50 bits per heavy atom. The van der Waals surface area contributed by atoms with Crippen molar-refractivity contribution in [3.05, 3.63) is 29.8 Å². The fraction of sp³-hybridized carbons (Fsp3) is 0.500. The molecule has 1 fully saturated rings. The summed E-state index contributed by atoms with van der Waals surface area (Å²) in [7, 11) is 0. The molecule has 1 aliphatic rings. The molecule has 3 atom stereocenters. The first kappa shape index (κ1) is 20.1. The molecule has 2 rings (SSSR count). The maximum atomic E-state index is 12.6. The summed E-state index contributed by atoms with van der Waals surface area (Å²) in [6.45, 7) is 2.86. The molecule has 1 heterocycles. The van der Waals surface area contributed by atoms with Gasteiger partial charge in [0.15, 0.2) is 0 Å². The van der Waals surface area contributed by atoms with E-state index in [1.807, 2.05) is 31.2 Å². The van der Waals surface area contributed by atoms with E-state index in [0.717, 1.165) is 11.3 Å². The van der Waals surface area contributed by atoms with Crippen molar-refractivity contribution in [1.82, 2.24) is 4.90 Å². The molecule has 0 spiro atoms. The highest BCUT2D eigenvalue weighted by Crippen LogP contribution is 2.35. The number of thioether (sulfide) groups is 1. The van der Waals surface area contributed by atoms with Gasteiger partial charge in [-0.15, -0.1) is 11.8 Å². The summed E-state index contributed by atoms with van der Waals surface area (Å²) in [5, 5.41) is 29.9. The van der Waals surface area contributed by atoms with E-state index in [0.29, 0.717) is 19.5 Å². The van der Waals surface area contributed by atoms with Gasteiger partial charge in [0.1, 0.15) is 11.2 Å². The minimum Gasteiger partial charge on any atom is -0.480 e. The van der Waals surface area contributed by atoms with Crippen molar-refractivity contribution in [2.24, 2.45) is 5.92 Å². The van der Waals surface area contributed by atoms with Gasteiger partial charge in [0.25, 0.3) is 0 Å². The third-order valence-corrected chi connectivity index (χ3v) is 5.83. The normalized spacial score (nSPS) is 20.7. The van der Waals surface area contributed by atoms with Crippen molar-refractivity contribution in [1.29, 1.82) is 5.26 Å². The second-order valence-electron chi connectivity index (χ2n) is 6.04. The molecule has 0 radical (unpaired) electrons. The van der Waals surface area contributed by atoms with E-state index >= 15 is 0 Å². The molecule has 26 heavy (non-hydrogen) atoms. The van der Waals surface area contributed by atoms with Crippen molar-refractivity contribution >= 4 is 29.3 Å². The van der Waals surface area contributed by atoms with Gasteiger partial charge in [-0.05, 0) is 37.5 Å². The van der Waals surface area contributed by atoms with Crippen molar-refractivity contribution < 1.29 is 19.8 Å². The zero-order chi connectivity index (χ0) is 19.1. The molecule has 3 N–H and O–H groups in total. The standard InChI is InChI=1S/C18H23N3O4S/c1-2-21-16(7-6-13(9-19)18(24)25)26-15(17(21)23)10-20-14-5-3-4-12(8-14)11-22/h3-5,8,13,15-16,20,22H,2,6-7,10-11H2,1H3,(H,24,25). The first-order valence-electron chi connectivity index (χ1n) is 8.52. The lowest BCUT2D eigenvalue weighted by Crippen LogP contribution is -2.36. The average Bonchev–Trinajstić information content (AvgIpc) is 2.95. The van der Waals surface area contributed by atoms with Crippen LogP contribution in [-0.2, 0) is 16.2 Å². The summed E-state index contributed by atoms with van der Waals surface area (Å²) in [5.74, 6) is -2.13. The number of rotatable bonds is 9. The molecule has 1 saturated heterocycles. The van der Waals surface area contributed by atoms with Gasteiger partial charge in [-0.25, -0.2) is 0 Å². The van der Waals surface area contributed by atoms with Crippen LogP contribution >= 0.6 is 11.8 Å². The minimum atomic E-state index is -1.12. The van der Waals surface area contributed by atoms with Crippen LogP contribution in [0.25, 0.3) is 0 Å². The van der Waals surface area contributed by atoms with Crippen molar-refractivity contribution in [3.8, 4) is 6.07 Å². The predicted octanol–water partition coefficient (Wildman–Crippen LogP) is 1.89. The zero-order valence-corrected chi connectivity index (χ0v) is 15.4. The van der Waals surface area contributed by atoms with E-state index in [4.69, 9.17) is 10.4 Å². The van der Waals surface area contributed by atoms with Crippen LogP contribution in [0.4, 0.5) is 5.69 Å². The Labute approximate surface area is 157 Å². The molecule has 7 nitrogen and oxygen atoms in total. The summed E-state index contributed by atoms with van der Waals surface area (Å²) in [4.78, 5) is 25.3. The summed E-state index contributed by atoms with van der Waals surface area (Å²) in [6, 6.07) is 9.17. The number of carboxylic acids is 1. The molecule has 1 amide bonds. The van der Waals surface area contributed by atoms with Gasteiger partial charge in [0.05, 0.1) is 18.0 Å². The number of aliphatic hydroxyl groups excluding tert-OH is 1. The van der Waals surface area contributed by atoms with Gasteiger partial charge >= 0.3 is 5.97 Å². The lowest BCUT2D eigenvalue weighted by Gasteiger charge is -2.22. The number of nitrogens with zero attached hydrogens (tertiary/aromatic N) is 2. The molecule has 1 aromatic carbocycles. The predicted molar refractivity (Wildman–Crippen MR) is 99.4 cm³/mol. The van der Waals surface area contributed by atoms with E-state index in [1.54, 1.807) is 11.0 Å². The number of carbonyl (C=O) groups is 2. The quantitative estimate of drug-likeness (QED) is 0.602. The van der Waals surface area contributed by atoms with Crippen molar-refractivity contribution in [3.63, 3.8) is 0 Å². The van der Waals surface area contributed by atoms with E-state index in [9.17, 15) is 14.7 Å². The minimum absolute atomic E-state index is 0.0251. The number of nitrogens with one attached hydrogen (secondary N) is 1. The van der Waals surface area contributed by atoms with Crippen LogP contribution in [0.3, 0.4) is 0 Å². The molecule has 0 aliphatic carbocycles. The molecule has 1 aromatic rings. The highest BCUT2D eigenvalue weighted by atomic mass is 32.2. The van der Waals surface area contributed by atoms with Gasteiger partial charge in [-0.2, -0.15) is 5.26 Å². The van der Waals surface area contributed by atoms with Crippen molar-refractivity contribution in [2.45, 2.75) is 37.0 Å². The maximum absolute atomic E-state index is 12.6. The van der Waals surface area contributed by atoms with Gasteiger partial charge < -0.3 is 20.4 Å². The molecule has 0 bridgehead atoms. The average molecular weight is 377 g/mol. The smallest absolute Gasteiger partial charge is 0.320 e. The highest BCUT2D eigenvalue weighted by Gasteiger charge is 2.39. The van der Waals surface area contributed by atoms with Crippen molar-refractivity contribution in [2.75, 3.05) is 18.4 Å². The Balaban J connectivity index is 1.95. The molecular formula is C18H23N3O4S. The molecule has 8 heteroatoms. The first-order valence-corrected chi connectivity index (χ1v) is 9.46. The number of aliphatic hydroxyl groups is 1.